The van der Waals surface area contributed by atoms with Gasteiger partial charge in [-0.25, -0.2) is 0 Å². The molecule has 0 bridgehead atoms. The molecule has 1 aromatic heterocycles. The van der Waals surface area contributed by atoms with Crippen LogP contribution in [0.15, 0.2) is 12.4 Å². The summed E-state index contributed by atoms with van der Waals surface area (Å²) < 4.78 is 1.82. The SMILES string of the molecule is Cc1cnn(CCC(=O)N2CCC3(CCC(=O)N(CCCO)C3)CC2)c1. The first-order valence-electron chi connectivity index (χ1n) is 9.67. The highest BCUT2D eigenvalue weighted by Crippen LogP contribution is 2.40. The van der Waals surface area contributed by atoms with Crippen LogP contribution in [0, 0.1) is 12.3 Å². The van der Waals surface area contributed by atoms with E-state index >= 15 is 0 Å². The second-order valence-electron chi connectivity index (χ2n) is 7.80. The molecule has 144 valence electrons. The number of piperidine rings is 2. The average molecular weight is 362 g/mol. The van der Waals surface area contributed by atoms with Gasteiger partial charge in [-0.3, -0.25) is 14.3 Å². The number of aryl methyl sites for hydroxylation is 2. The number of rotatable bonds is 6. The molecule has 7 heteroatoms. The first-order valence-corrected chi connectivity index (χ1v) is 9.67. The third-order valence-electron chi connectivity index (χ3n) is 5.83. The summed E-state index contributed by atoms with van der Waals surface area (Å²) in [6.45, 7) is 5.71. The van der Waals surface area contributed by atoms with Crippen molar-refractivity contribution < 1.29 is 14.7 Å². The summed E-state index contributed by atoms with van der Waals surface area (Å²) in [5.74, 6) is 0.397. The number of carbonyl (C=O) groups is 2. The lowest BCUT2D eigenvalue weighted by Crippen LogP contribution is -2.52. The van der Waals surface area contributed by atoms with Gasteiger partial charge < -0.3 is 14.9 Å². The van der Waals surface area contributed by atoms with Gasteiger partial charge in [0.1, 0.15) is 0 Å². The molecule has 1 N–H and O–H groups in total. The van der Waals surface area contributed by atoms with E-state index in [0.717, 1.165) is 44.5 Å². The van der Waals surface area contributed by atoms with Crippen LogP contribution >= 0.6 is 0 Å². The van der Waals surface area contributed by atoms with Gasteiger partial charge in [-0.05, 0) is 43.6 Å². The van der Waals surface area contributed by atoms with E-state index < -0.39 is 0 Å². The summed E-state index contributed by atoms with van der Waals surface area (Å²) in [4.78, 5) is 28.5. The molecule has 0 aromatic carbocycles. The highest BCUT2D eigenvalue weighted by molar-refractivity contribution is 5.77. The first-order chi connectivity index (χ1) is 12.5. The van der Waals surface area contributed by atoms with Crippen LogP contribution in [0.4, 0.5) is 0 Å². The van der Waals surface area contributed by atoms with Crippen LogP contribution < -0.4 is 0 Å². The van der Waals surface area contributed by atoms with Crippen molar-refractivity contribution in [1.82, 2.24) is 19.6 Å². The zero-order chi connectivity index (χ0) is 18.6. The molecule has 26 heavy (non-hydrogen) atoms. The van der Waals surface area contributed by atoms with Gasteiger partial charge in [0.05, 0.1) is 6.20 Å². The minimum Gasteiger partial charge on any atom is -0.396 e. The van der Waals surface area contributed by atoms with Gasteiger partial charge in [0.2, 0.25) is 11.8 Å². The van der Waals surface area contributed by atoms with Crippen LogP contribution in [-0.4, -0.2) is 69.3 Å². The van der Waals surface area contributed by atoms with Gasteiger partial charge in [0.25, 0.3) is 0 Å². The summed E-state index contributed by atoms with van der Waals surface area (Å²) in [5.41, 5.74) is 1.26. The van der Waals surface area contributed by atoms with Crippen molar-refractivity contribution in [2.75, 3.05) is 32.8 Å². The standard InChI is InChI=1S/C19H30N4O3/c1-16-13-20-23(14-16)9-4-18(26)21-10-6-19(7-11-21)5-3-17(25)22(15-19)8-2-12-24/h13-14,24H,2-12,15H2,1H3. The number of aliphatic hydroxyl groups is 1. The minimum absolute atomic E-state index is 0.120. The molecule has 2 saturated heterocycles. The van der Waals surface area contributed by atoms with Crippen LogP contribution in [0.25, 0.3) is 0 Å². The molecular formula is C19H30N4O3. The predicted octanol–water partition coefficient (Wildman–Crippen LogP) is 1.20. The minimum atomic E-state index is 0.120. The maximum Gasteiger partial charge on any atom is 0.224 e. The van der Waals surface area contributed by atoms with Crippen LogP contribution in [-0.2, 0) is 16.1 Å². The summed E-state index contributed by atoms with van der Waals surface area (Å²) in [6, 6.07) is 0. The van der Waals surface area contributed by atoms with E-state index in [1.165, 1.54) is 0 Å². The van der Waals surface area contributed by atoms with E-state index in [1.54, 1.807) is 0 Å². The molecule has 0 radical (unpaired) electrons. The van der Waals surface area contributed by atoms with E-state index in [2.05, 4.69) is 5.10 Å². The van der Waals surface area contributed by atoms with Crippen molar-refractivity contribution in [3.63, 3.8) is 0 Å². The van der Waals surface area contributed by atoms with Gasteiger partial charge >= 0.3 is 0 Å². The number of amides is 2. The maximum atomic E-state index is 12.5. The van der Waals surface area contributed by atoms with Gasteiger partial charge in [-0.15, -0.1) is 0 Å². The highest BCUT2D eigenvalue weighted by Gasteiger charge is 2.41. The van der Waals surface area contributed by atoms with Gasteiger partial charge in [-0.1, -0.05) is 0 Å². The molecule has 1 spiro atoms. The molecule has 7 nitrogen and oxygen atoms in total. The Morgan fingerprint density at radius 2 is 2.04 bits per heavy atom. The van der Waals surface area contributed by atoms with Crippen LogP contribution in [0.1, 0.15) is 44.1 Å². The highest BCUT2D eigenvalue weighted by atomic mass is 16.3. The number of likely N-dealkylation sites (tertiary alicyclic amines) is 2. The molecule has 2 aliphatic rings. The second kappa shape index (κ2) is 8.20. The number of hydrogen-bond donors (Lipinski definition) is 1. The van der Waals surface area contributed by atoms with Crippen LogP contribution in [0.3, 0.4) is 0 Å². The second-order valence-corrected chi connectivity index (χ2v) is 7.80. The number of carbonyl (C=O) groups excluding carboxylic acids is 2. The number of nitrogens with zero attached hydrogens (tertiary/aromatic N) is 4. The molecule has 2 fully saturated rings. The Bertz CT molecular complexity index is 634. The lowest BCUT2D eigenvalue weighted by Gasteiger charge is -2.47. The summed E-state index contributed by atoms with van der Waals surface area (Å²) in [6.07, 6.45) is 8.33. The molecule has 2 aliphatic heterocycles. The van der Waals surface area contributed by atoms with E-state index in [0.29, 0.717) is 32.4 Å². The molecule has 3 rings (SSSR count). The molecule has 3 heterocycles. The number of aromatic nitrogens is 2. The van der Waals surface area contributed by atoms with E-state index in [4.69, 9.17) is 5.11 Å². The first kappa shape index (κ1) is 18.9. The fraction of sp³-hybridized carbons (Fsp3) is 0.737. The largest absolute Gasteiger partial charge is 0.396 e. The summed E-state index contributed by atoms with van der Waals surface area (Å²) in [5, 5.41) is 13.3. The predicted molar refractivity (Wildman–Crippen MR) is 97.3 cm³/mol. The molecule has 0 saturated carbocycles. The third kappa shape index (κ3) is 4.44. The molecular weight excluding hydrogens is 332 g/mol. The monoisotopic (exact) mass is 362 g/mol. The van der Waals surface area contributed by atoms with Crippen molar-refractivity contribution in [3.8, 4) is 0 Å². The topological polar surface area (TPSA) is 78.7 Å². The maximum absolute atomic E-state index is 12.5. The van der Waals surface area contributed by atoms with Crippen molar-refractivity contribution in [2.45, 2.75) is 52.0 Å². The Hall–Kier alpha value is -1.89. The fourth-order valence-electron chi connectivity index (χ4n) is 4.16. The molecule has 0 aliphatic carbocycles. The lowest BCUT2D eigenvalue weighted by molar-refractivity contribution is -0.142. The van der Waals surface area contributed by atoms with E-state index in [9.17, 15) is 9.59 Å². The third-order valence-corrected chi connectivity index (χ3v) is 5.83. The molecule has 0 unspecified atom stereocenters. The Labute approximate surface area is 155 Å². The Morgan fingerprint density at radius 3 is 2.69 bits per heavy atom. The molecule has 1 aromatic rings. The van der Waals surface area contributed by atoms with Crippen LogP contribution in [0.2, 0.25) is 0 Å². The number of hydrogen-bond acceptors (Lipinski definition) is 4. The van der Waals surface area contributed by atoms with Crippen molar-refractivity contribution >= 4 is 11.8 Å². The Kier molecular flexibility index (Phi) is 5.96. The summed E-state index contributed by atoms with van der Waals surface area (Å²) >= 11 is 0. The smallest absolute Gasteiger partial charge is 0.224 e. The van der Waals surface area contributed by atoms with Crippen molar-refractivity contribution in [1.29, 1.82) is 0 Å². The Morgan fingerprint density at radius 1 is 1.27 bits per heavy atom. The average Bonchev–Trinajstić information content (AvgIpc) is 3.06. The van der Waals surface area contributed by atoms with Crippen LogP contribution in [0.5, 0.6) is 0 Å². The molecule has 2 amide bonds. The quantitative estimate of drug-likeness (QED) is 0.825. The lowest BCUT2D eigenvalue weighted by atomic mass is 9.72. The normalized spacial score (nSPS) is 20.0. The van der Waals surface area contributed by atoms with Gasteiger partial charge in [-0.2, -0.15) is 5.10 Å². The Balaban J connectivity index is 1.48. The zero-order valence-corrected chi connectivity index (χ0v) is 15.7. The molecule has 0 atom stereocenters. The van der Waals surface area contributed by atoms with E-state index in [-0.39, 0.29) is 23.8 Å². The zero-order valence-electron chi connectivity index (χ0n) is 15.7. The van der Waals surface area contributed by atoms with E-state index in [1.807, 2.05) is 33.8 Å². The number of aliphatic hydroxyl groups excluding tert-OH is 1. The van der Waals surface area contributed by atoms with Gasteiger partial charge in [0.15, 0.2) is 0 Å². The fourth-order valence-corrected chi connectivity index (χ4v) is 4.16. The summed E-state index contributed by atoms with van der Waals surface area (Å²) in [7, 11) is 0. The van der Waals surface area contributed by atoms with Crippen molar-refractivity contribution in [3.05, 3.63) is 18.0 Å². The van der Waals surface area contributed by atoms with Gasteiger partial charge in [0, 0.05) is 58.4 Å². The van der Waals surface area contributed by atoms with Crippen molar-refractivity contribution in [2.24, 2.45) is 5.41 Å².